The van der Waals surface area contributed by atoms with Gasteiger partial charge in [0, 0.05) is 12.6 Å². The number of rotatable bonds is 10. The number of hydrogen-bond acceptors (Lipinski definition) is 5. The zero-order chi connectivity index (χ0) is 23.8. The Bertz CT molecular complexity index is 1060. The van der Waals surface area contributed by atoms with E-state index in [4.69, 9.17) is 8.83 Å². The van der Waals surface area contributed by atoms with Crippen molar-refractivity contribution in [1.29, 1.82) is 0 Å². The zero-order valence-corrected chi connectivity index (χ0v) is 18.9. The average Bonchev–Trinajstić information content (AvgIpc) is 3.64. The molecular formula is C26H29N3O5. The van der Waals surface area contributed by atoms with E-state index in [-0.39, 0.29) is 36.7 Å². The summed E-state index contributed by atoms with van der Waals surface area (Å²) in [5, 5.41) is 5.68. The van der Waals surface area contributed by atoms with Gasteiger partial charge in [-0.15, -0.1) is 0 Å². The summed E-state index contributed by atoms with van der Waals surface area (Å²) in [6.45, 7) is 0.00512. The van der Waals surface area contributed by atoms with Crippen molar-refractivity contribution in [2.45, 2.75) is 44.2 Å². The number of benzene rings is 1. The molecule has 0 radical (unpaired) electrons. The third-order valence-corrected chi connectivity index (χ3v) is 6.02. The molecule has 3 aromatic rings. The summed E-state index contributed by atoms with van der Waals surface area (Å²) in [4.78, 5) is 40.6. The molecule has 1 atom stereocenters. The van der Waals surface area contributed by atoms with Gasteiger partial charge in [0.15, 0.2) is 11.8 Å². The molecule has 1 saturated carbocycles. The Labute approximate surface area is 198 Å². The third kappa shape index (κ3) is 5.95. The Morgan fingerprint density at radius 1 is 0.941 bits per heavy atom. The second kappa shape index (κ2) is 11.4. The second-order valence-electron chi connectivity index (χ2n) is 8.39. The summed E-state index contributed by atoms with van der Waals surface area (Å²) in [7, 11) is 0. The molecule has 0 aliphatic heterocycles. The summed E-state index contributed by atoms with van der Waals surface area (Å²) in [6.07, 6.45) is 7.43. The van der Waals surface area contributed by atoms with Crippen molar-refractivity contribution in [3.05, 3.63) is 84.2 Å². The Morgan fingerprint density at radius 2 is 1.68 bits per heavy atom. The monoisotopic (exact) mass is 463 g/mol. The molecule has 2 N–H and O–H groups in total. The molecule has 1 fully saturated rings. The van der Waals surface area contributed by atoms with Crippen molar-refractivity contribution < 1.29 is 23.2 Å². The van der Waals surface area contributed by atoms with Crippen LogP contribution >= 0.6 is 0 Å². The van der Waals surface area contributed by atoms with E-state index in [0.717, 1.165) is 31.2 Å². The van der Waals surface area contributed by atoms with Crippen LogP contribution in [0.1, 0.15) is 53.6 Å². The Kier molecular flexibility index (Phi) is 7.80. The van der Waals surface area contributed by atoms with Gasteiger partial charge in [0.05, 0.1) is 19.1 Å². The normalized spacial score (nSPS) is 14.5. The average molecular weight is 464 g/mol. The number of amides is 3. The fraction of sp³-hybridized carbons (Fsp3) is 0.346. The van der Waals surface area contributed by atoms with E-state index in [2.05, 4.69) is 10.6 Å². The summed E-state index contributed by atoms with van der Waals surface area (Å²) in [6, 6.07) is 15.4. The molecule has 0 spiro atoms. The maximum absolute atomic E-state index is 13.4. The van der Waals surface area contributed by atoms with E-state index in [1.165, 1.54) is 23.5 Å². The van der Waals surface area contributed by atoms with Gasteiger partial charge in [-0.05, 0) is 49.1 Å². The van der Waals surface area contributed by atoms with E-state index in [1.807, 2.05) is 30.3 Å². The van der Waals surface area contributed by atoms with Crippen LogP contribution in [0.15, 0.2) is 76.0 Å². The molecule has 4 rings (SSSR count). The van der Waals surface area contributed by atoms with Gasteiger partial charge in [0.25, 0.3) is 11.8 Å². The minimum atomic E-state index is -0.938. The van der Waals surface area contributed by atoms with Gasteiger partial charge in [-0.25, -0.2) is 0 Å². The Hall–Kier alpha value is -3.81. The van der Waals surface area contributed by atoms with Crippen LogP contribution in [0.5, 0.6) is 0 Å². The standard InChI is InChI=1S/C26H29N3O5/c30-23(18-27-25(31)22-13-7-17-34-22)29(15-14-19-8-2-1-3-9-19)24(21-12-6-16-33-21)26(32)28-20-10-4-5-11-20/h1-3,6-9,12-13,16-17,20,24H,4-5,10-11,14-15,18H2,(H,27,31)(H,28,32). The van der Waals surface area contributed by atoms with Gasteiger partial charge in [-0.2, -0.15) is 0 Å². The lowest BCUT2D eigenvalue weighted by Crippen LogP contribution is -2.49. The van der Waals surface area contributed by atoms with Crippen LogP contribution in [0, 0.1) is 0 Å². The number of hydrogen-bond donors (Lipinski definition) is 2. The minimum Gasteiger partial charge on any atom is -0.467 e. The fourth-order valence-electron chi connectivity index (χ4n) is 4.27. The Morgan fingerprint density at radius 3 is 2.35 bits per heavy atom. The maximum Gasteiger partial charge on any atom is 0.287 e. The van der Waals surface area contributed by atoms with E-state index >= 15 is 0 Å². The van der Waals surface area contributed by atoms with E-state index < -0.39 is 11.9 Å². The topological polar surface area (TPSA) is 105 Å². The van der Waals surface area contributed by atoms with Crippen LogP contribution in [0.4, 0.5) is 0 Å². The van der Waals surface area contributed by atoms with Crippen LogP contribution < -0.4 is 10.6 Å². The molecule has 3 amide bonds. The molecule has 34 heavy (non-hydrogen) atoms. The first-order valence-corrected chi connectivity index (χ1v) is 11.6. The van der Waals surface area contributed by atoms with Gasteiger partial charge in [-0.3, -0.25) is 14.4 Å². The fourth-order valence-corrected chi connectivity index (χ4v) is 4.27. The van der Waals surface area contributed by atoms with Crippen molar-refractivity contribution >= 4 is 17.7 Å². The SMILES string of the molecule is O=C(NCC(=O)N(CCc1ccccc1)C(C(=O)NC1CCCC1)c1ccco1)c1ccco1. The molecular weight excluding hydrogens is 434 g/mol. The van der Waals surface area contributed by atoms with E-state index in [1.54, 1.807) is 18.2 Å². The molecule has 2 heterocycles. The van der Waals surface area contributed by atoms with Crippen molar-refractivity contribution in [3.63, 3.8) is 0 Å². The lowest BCUT2D eigenvalue weighted by Gasteiger charge is -2.31. The van der Waals surface area contributed by atoms with E-state index in [0.29, 0.717) is 12.2 Å². The lowest BCUT2D eigenvalue weighted by molar-refractivity contribution is -0.141. The molecule has 1 aliphatic rings. The highest BCUT2D eigenvalue weighted by atomic mass is 16.3. The predicted molar refractivity (Wildman–Crippen MR) is 125 cm³/mol. The van der Waals surface area contributed by atoms with Crippen molar-refractivity contribution in [2.24, 2.45) is 0 Å². The lowest BCUT2D eigenvalue weighted by atomic mass is 10.1. The highest BCUT2D eigenvalue weighted by molar-refractivity contribution is 5.95. The van der Waals surface area contributed by atoms with Crippen molar-refractivity contribution in [2.75, 3.05) is 13.1 Å². The molecule has 178 valence electrons. The van der Waals surface area contributed by atoms with Crippen LogP contribution in [0.2, 0.25) is 0 Å². The predicted octanol–water partition coefficient (Wildman–Crippen LogP) is 3.47. The third-order valence-electron chi connectivity index (χ3n) is 6.02. The zero-order valence-electron chi connectivity index (χ0n) is 18.9. The summed E-state index contributed by atoms with van der Waals surface area (Å²) >= 11 is 0. The largest absolute Gasteiger partial charge is 0.467 e. The van der Waals surface area contributed by atoms with Gasteiger partial charge >= 0.3 is 0 Å². The summed E-state index contributed by atoms with van der Waals surface area (Å²) < 4.78 is 10.7. The number of furan rings is 2. The van der Waals surface area contributed by atoms with Gasteiger partial charge in [0.2, 0.25) is 5.91 Å². The summed E-state index contributed by atoms with van der Waals surface area (Å²) in [5.41, 5.74) is 1.04. The number of carbonyl (C=O) groups excluding carboxylic acids is 3. The van der Waals surface area contributed by atoms with Gasteiger partial charge in [-0.1, -0.05) is 43.2 Å². The first kappa shape index (κ1) is 23.4. The van der Waals surface area contributed by atoms with Crippen molar-refractivity contribution in [1.82, 2.24) is 15.5 Å². The first-order chi connectivity index (χ1) is 16.6. The molecule has 8 nitrogen and oxygen atoms in total. The highest BCUT2D eigenvalue weighted by Gasteiger charge is 2.35. The van der Waals surface area contributed by atoms with Crippen LogP contribution in [-0.4, -0.2) is 41.8 Å². The van der Waals surface area contributed by atoms with Crippen LogP contribution in [0.3, 0.4) is 0 Å². The first-order valence-electron chi connectivity index (χ1n) is 11.6. The van der Waals surface area contributed by atoms with Gasteiger partial charge in [0.1, 0.15) is 5.76 Å². The van der Waals surface area contributed by atoms with Gasteiger partial charge < -0.3 is 24.4 Å². The molecule has 1 aliphatic carbocycles. The highest BCUT2D eigenvalue weighted by Crippen LogP contribution is 2.25. The molecule has 2 aromatic heterocycles. The quantitative estimate of drug-likeness (QED) is 0.479. The van der Waals surface area contributed by atoms with Crippen LogP contribution in [-0.2, 0) is 16.0 Å². The smallest absolute Gasteiger partial charge is 0.287 e. The molecule has 8 heteroatoms. The molecule has 0 bridgehead atoms. The molecule has 1 aromatic carbocycles. The number of carbonyl (C=O) groups is 3. The molecule has 1 unspecified atom stereocenters. The van der Waals surface area contributed by atoms with E-state index in [9.17, 15) is 14.4 Å². The van der Waals surface area contributed by atoms with Crippen molar-refractivity contribution in [3.8, 4) is 0 Å². The number of nitrogens with one attached hydrogen (secondary N) is 2. The molecule has 0 saturated heterocycles. The second-order valence-corrected chi connectivity index (χ2v) is 8.39. The Balaban J connectivity index is 1.54. The summed E-state index contributed by atoms with van der Waals surface area (Å²) in [5.74, 6) is -0.662. The minimum absolute atomic E-state index is 0.0923. The van der Waals surface area contributed by atoms with Crippen LogP contribution in [0.25, 0.3) is 0 Å². The number of nitrogens with zero attached hydrogens (tertiary/aromatic N) is 1. The maximum atomic E-state index is 13.4.